The molecule has 2 heterocycles. The number of hydrogen-bond acceptors (Lipinski definition) is 5. The predicted molar refractivity (Wildman–Crippen MR) is 120 cm³/mol. The monoisotopic (exact) mass is 406 g/mol. The summed E-state index contributed by atoms with van der Waals surface area (Å²) in [6.45, 7) is 3.88. The van der Waals surface area contributed by atoms with Crippen LogP contribution in [-0.2, 0) is 0 Å². The molecule has 0 radical (unpaired) electrons. The van der Waals surface area contributed by atoms with E-state index in [0.717, 1.165) is 16.8 Å². The minimum atomic E-state index is 0.869. The summed E-state index contributed by atoms with van der Waals surface area (Å²) in [4.78, 5) is 14.2. The molecule has 0 saturated heterocycles. The van der Waals surface area contributed by atoms with Crippen LogP contribution < -0.4 is 0 Å². The van der Waals surface area contributed by atoms with E-state index < -0.39 is 0 Å². The fourth-order valence-corrected chi connectivity index (χ4v) is 5.82. The Bertz CT molecular complexity index is 1120. The largest absolute Gasteiger partial charge is 0.255 e. The summed E-state index contributed by atoms with van der Waals surface area (Å²) in [6.07, 6.45) is 8.02. The molecule has 27 heavy (non-hydrogen) atoms. The number of aromatic nitrogens is 2. The lowest BCUT2D eigenvalue weighted by atomic mass is 10.2. The Morgan fingerprint density at radius 2 is 1.44 bits per heavy atom. The van der Waals surface area contributed by atoms with Crippen LogP contribution in [0.1, 0.15) is 0 Å². The Morgan fingerprint density at radius 3 is 2.07 bits per heavy atom. The van der Waals surface area contributed by atoms with Crippen LogP contribution in [0.15, 0.2) is 93.2 Å². The molecular weight excluding hydrogens is 388 g/mol. The van der Waals surface area contributed by atoms with Crippen molar-refractivity contribution in [3.63, 3.8) is 0 Å². The summed E-state index contributed by atoms with van der Waals surface area (Å²) in [5.41, 5.74) is 2.05. The third-order valence-corrected chi connectivity index (χ3v) is 7.48. The molecule has 0 saturated carbocycles. The summed E-state index contributed by atoms with van der Waals surface area (Å²) in [6, 6.07) is 16.6. The highest BCUT2D eigenvalue weighted by molar-refractivity contribution is 8.03. The van der Waals surface area contributed by atoms with Crippen LogP contribution in [0, 0.1) is 0 Å². The highest BCUT2D eigenvalue weighted by Gasteiger charge is 2.15. The molecule has 0 aliphatic rings. The van der Waals surface area contributed by atoms with Gasteiger partial charge < -0.3 is 0 Å². The zero-order valence-corrected chi connectivity index (χ0v) is 17.3. The zero-order valence-electron chi connectivity index (χ0n) is 14.9. The van der Waals surface area contributed by atoms with Gasteiger partial charge in [-0.15, -0.1) is 30.1 Å². The van der Waals surface area contributed by atoms with Crippen LogP contribution in [-0.4, -0.2) is 22.0 Å². The first-order valence-corrected chi connectivity index (χ1v) is 11.6. The standard InChI is InChI=1S/C22H18N2S3/c1-3-12-26-21-15-8-4-6-10-17(15)24-14-20(21)27-22-16-9-5-7-11-18(16)23-13-19(22)25-2/h3-11,13-14H,1,12H2,2H3. The Kier molecular flexibility index (Phi) is 5.72. The van der Waals surface area contributed by atoms with E-state index in [-0.39, 0.29) is 0 Å². The van der Waals surface area contributed by atoms with Crippen molar-refractivity contribution < 1.29 is 0 Å². The smallest absolute Gasteiger partial charge is 0.0714 e. The van der Waals surface area contributed by atoms with Crippen LogP contribution in [0.25, 0.3) is 21.8 Å². The molecule has 0 unspecified atom stereocenters. The van der Waals surface area contributed by atoms with Gasteiger partial charge >= 0.3 is 0 Å². The molecule has 0 fully saturated rings. The molecule has 0 amide bonds. The molecule has 0 spiro atoms. The maximum atomic E-state index is 4.70. The first kappa shape index (κ1) is 18.4. The second kappa shape index (κ2) is 8.38. The minimum Gasteiger partial charge on any atom is -0.255 e. The van der Waals surface area contributed by atoms with Gasteiger partial charge in [-0.3, -0.25) is 9.97 Å². The van der Waals surface area contributed by atoms with Crippen molar-refractivity contribution >= 4 is 57.1 Å². The first-order valence-electron chi connectivity index (χ1n) is 8.53. The van der Waals surface area contributed by atoms with E-state index >= 15 is 0 Å². The summed E-state index contributed by atoms with van der Waals surface area (Å²) in [5.74, 6) is 0.869. The molecule has 2 nitrogen and oxygen atoms in total. The van der Waals surface area contributed by atoms with Crippen molar-refractivity contribution in [2.24, 2.45) is 0 Å². The van der Waals surface area contributed by atoms with E-state index in [1.807, 2.05) is 42.4 Å². The van der Waals surface area contributed by atoms with Crippen molar-refractivity contribution in [1.29, 1.82) is 0 Å². The number of rotatable bonds is 6. The van der Waals surface area contributed by atoms with Crippen molar-refractivity contribution in [2.45, 2.75) is 19.6 Å². The second-order valence-electron chi connectivity index (χ2n) is 5.84. The number of pyridine rings is 2. The maximum Gasteiger partial charge on any atom is 0.0714 e. The van der Waals surface area contributed by atoms with Crippen LogP contribution in [0.3, 0.4) is 0 Å². The van der Waals surface area contributed by atoms with Gasteiger partial charge in [0.2, 0.25) is 0 Å². The molecule has 4 rings (SSSR count). The predicted octanol–water partition coefficient (Wildman–Crippen LogP) is 6.93. The maximum absolute atomic E-state index is 4.70. The molecule has 4 aromatic rings. The highest BCUT2D eigenvalue weighted by atomic mass is 32.2. The Hall–Kier alpha value is -1.95. The summed E-state index contributed by atoms with van der Waals surface area (Å²) in [5, 5.41) is 2.38. The van der Waals surface area contributed by atoms with Gasteiger partial charge in [0, 0.05) is 48.5 Å². The summed E-state index contributed by atoms with van der Waals surface area (Å²) < 4.78 is 0. The molecule has 5 heteroatoms. The SMILES string of the molecule is C=CCSc1c(Sc2c(SC)cnc3ccccc23)cnc2ccccc12. The van der Waals surface area contributed by atoms with Crippen LogP contribution in [0.2, 0.25) is 0 Å². The van der Waals surface area contributed by atoms with Gasteiger partial charge in [-0.25, -0.2) is 0 Å². The number of nitrogens with zero attached hydrogens (tertiary/aromatic N) is 2. The van der Waals surface area contributed by atoms with Crippen LogP contribution in [0.5, 0.6) is 0 Å². The second-order valence-corrected chi connectivity index (χ2v) is 8.77. The topological polar surface area (TPSA) is 25.8 Å². The highest BCUT2D eigenvalue weighted by Crippen LogP contribution is 2.44. The van der Waals surface area contributed by atoms with Crippen molar-refractivity contribution in [3.05, 3.63) is 73.6 Å². The molecule has 0 atom stereocenters. The van der Waals surface area contributed by atoms with Crippen LogP contribution in [0.4, 0.5) is 0 Å². The average molecular weight is 407 g/mol. The zero-order chi connectivity index (χ0) is 18.6. The Labute approximate surface area is 171 Å². The van der Waals surface area contributed by atoms with Gasteiger partial charge in [-0.2, -0.15) is 0 Å². The fourth-order valence-electron chi connectivity index (χ4n) is 2.92. The van der Waals surface area contributed by atoms with Gasteiger partial charge in [-0.1, -0.05) is 54.2 Å². The van der Waals surface area contributed by atoms with E-state index in [2.05, 4.69) is 54.2 Å². The molecule has 0 N–H and O–H groups in total. The summed E-state index contributed by atoms with van der Waals surface area (Å²) in [7, 11) is 0. The number of thioether (sulfide) groups is 2. The molecule has 2 aromatic heterocycles. The van der Waals surface area contributed by atoms with E-state index in [9.17, 15) is 0 Å². The van der Waals surface area contributed by atoms with Crippen molar-refractivity contribution in [3.8, 4) is 0 Å². The molecule has 0 aliphatic heterocycles. The van der Waals surface area contributed by atoms with E-state index in [1.165, 1.54) is 30.4 Å². The lowest BCUT2D eigenvalue weighted by Gasteiger charge is -2.14. The molecule has 0 aliphatic carbocycles. The average Bonchev–Trinajstić information content (AvgIpc) is 2.73. The lowest BCUT2D eigenvalue weighted by molar-refractivity contribution is 1.17. The fraction of sp³-hybridized carbons (Fsp3) is 0.0909. The number of para-hydroxylation sites is 2. The van der Waals surface area contributed by atoms with Gasteiger partial charge in [0.15, 0.2) is 0 Å². The quantitative estimate of drug-likeness (QED) is 0.255. The van der Waals surface area contributed by atoms with E-state index in [4.69, 9.17) is 4.98 Å². The number of benzene rings is 2. The first-order chi connectivity index (χ1) is 13.3. The summed E-state index contributed by atoms with van der Waals surface area (Å²) >= 11 is 5.33. The number of fused-ring (bicyclic) bond motifs is 2. The lowest BCUT2D eigenvalue weighted by Crippen LogP contribution is -1.90. The minimum absolute atomic E-state index is 0.869. The molecule has 134 valence electrons. The van der Waals surface area contributed by atoms with Crippen molar-refractivity contribution in [1.82, 2.24) is 9.97 Å². The van der Waals surface area contributed by atoms with Crippen molar-refractivity contribution in [2.75, 3.05) is 12.0 Å². The van der Waals surface area contributed by atoms with Gasteiger partial charge in [-0.05, 0) is 18.4 Å². The van der Waals surface area contributed by atoms with Gasteiger partial charge in [0.25, 0.3) is 0 Å². The molecule has 2 aromatic carbocycles. The Morgan fingerprint density at radius 1 is 0.852 bits per heavy atom. The van der Waals surface area contributed by atoms with Gasteiger partial charge in [0.05, 0.1) is 11.0 Å². The van der Waals surface area contributed by atoms with E-state index in [0.29, 0.717) is 0 Å². The third kappa shape index (κ3) is 3.72. The number of hydrogen-bond donors (Lipinski definition) is 0. The normalized spacial score (nSPS) is 11.1. The van der Waals surface area contributed by atoms with Gasteiger partial charge in [0.1, 0.15) is 0 Å². The van der Waals surface area contributed by atoms with Crippen LogP contribution >= 0.6 is 35.3 Å². The Balaban J connectivity index is 1.89. The van der Waals surface area contributed by atoms with E-state index in [1.54, 1.807) is 23.5 Å². The third-order valence-electron chi connectivity index (χ3n) is 4.16. The molecular formula is C22H18N2S3. The molecule has 0 bridgehead atoms.